The van der Waals surface area contributed by atoms with E-state index in [4.69, 9.17) is 5.11 Å². The summed E-state index contributed by atoms with van der Waals surface area (Å²) < 4.78 is 0. The number of nitrogens with zero attached hydrogens (tertiary/aromatic N) is 1. The number of rotatable bonds is 9. The van der Waals surface area contributed by atoms with Crippen LogP contribution in [0.3, 0.4) is 0 Å². The molecule has 0 saturated heterocycles. The summed E-state index contributed by atoms with van der Waals surface area (Å²) in [6, 6.07) is 0. The summed E-state index contributed by atoms with van der Waals surface area (Å²) in [6.45, 7) is 6.85. The van der Waals surface area contributed by atoms with Gasteiger partial charge in [-0.2, -0.15) is 0 Å². The molecule has 0 amide bonds. The summed E-state index contributed by atoms with van der Waals surface area (Å²) in [5, 5.41) is 9.09. The van der Waals surface area contributed by atoms with Crippen LogP contribution in [-0.4, -0.2) is 23.3 Å². The third-order valence-electron chi connectivity index (χ3n) is 2.77. The van der Waals surface area contributed by atoms with Crippen LogP contribution in [0.2, 0.25) is 0 Å². The molecule has 0 aliphatic carbocycles. The lowest BCUT2D eigenvalue weighted by atomic mass is 9.98. The highest BCUT2D eigenvalue weighted by Gasteiger charge is 2.19. The Hall–Kier alpha value is -0.860. The van der Waals surface area contributed by atoms with E-state index in [9.17, 15) is 4.79 Å². The van der Waals surface area contributed by atoms with Gasteiger partial charge in [0.2, 0.25) is 0 Å². The molecular weight excluding hydrogens is 202 g/mol. The lowest BCUT2D eigenvalue weighted by molar-refractivity contribution is -0.139. The van der Waals surface area contributed by atoms with Crippen LogP contribution in [0.1, 0.15) is 59.3 Å². The predicted octanol–water partition coefficient (Wildman–Crippen LogP) is 3.53. The summed E-state index contributed by atoms with van der Waals surface area (Å²) in [7, 11) is 0. The zero-order valence-electron chi connectivity index (χ0n) is 10.8. The van der Waals surface area contributed by atoms with Crippen LogP contribution in [0.15, 0.2) is 4.99 Å². The highest BCUT2D eigenvalue weighted by Crippen LogP contribution is 2.11. The fourth-order valence-electron chi connectivity index (χ4n) is 1.65. The maximum Gasteiger partial charge on any atom is 0.312 e. The fourth-order valence-corrected chi connectivity index (χ4v) is 1.65. The van der Waals surface area contributed by atoms with Gasteiger partial charge in [0.1, 0.15) is 0 Å². The second kappa shape index (κ2) is 9.37. The van der Waals surface area contributed by atoms with Crippen molar-refractivity contribution < 1.29 is 9.90 Å². The Bertz CT molecular complexity index is 224. The van der Waals surface area contributed by atoms with Crippen LogP contribution < -0.4 is 0 Å². The fraction of sp³-hybridized carbons (Fsp3) is 0.846. The molecule has 0 aliphatic heterocycles. The minimum absolute atomic E-state index is 0.374. The summed E-state index contributed by atoms with van der Waals surface area (Å²) >= 11 is 0. The quantitative estimate of drug-likeness (QED) is 0.484. The van der Waals surface area contributed by atoms with Crippen molar-refractivity contribution in [1.29, 1.82) is 0 Å². The molecule has 1 N–H and O–H groups in total. The van der Waals surface area contributed by atoms with E-state index in [1.165, 1.54) is 12.8 Å². The first-order chi connectivity index (χ1) is 7.63. The van der Waals surface area contributed by atoms with Crippen molar-refractivity contribution in [2.24, 2.45) is 10.9 Å². The minimum Gasteiger partial charge on any atom is -0.481 e. The van der Waals surface area contributed by atoms with E-state index in [1.807, 2.05) is 6.92 Å². The van der Waals surface area contributed by atoms with Crippen LogP contribution in [0.25, 0.3) is 0 Å². The topological polar surface area (TPSA) is 49.7 Å². The second-order valence-electron chi connectivity index (χ2n) is 4.26. The van der Waals surface area contributed by atoms with Crippen molar-refractivity contribution in [2.45, 2.75) is 59.3 Å². The number of carbonyl (C=O) groups is 1. The van der Waals surface area contributed by atoms with Crippen LogP contribution in [0.5, 0.6) is 0 Å². The van der Waals surface area contributed by atoms with Crippen LogP contribution in [0.4, 0.5) is 0 Å². The van der Waals surface area contributed by atoms with Crippen molar-refractivity contribution in [3.63, 3.8) is 0 Å². The van der Waals surface area contributed by atoms with E-state index < -0.39 is 5.97 Å². The largest absolute Gasteiger partial charge is 0.481 e. The van der Waals surface area contributed by atoms with Gasteiger partial charge in [-0.3, -0.25) is 9.79 Å². The molecule has 0 spiro atoms. The molecule has 0 aromatic carbocycles. The molecule has 0 aromatic rings. The van der Waals surface area contributed by atoms with E-state index in [0.29, 0.717) is 0 Å². The molecule has 0 aliphatic rings. The first-order valence-electron chi connectivity index (χ1n) is 6.37. The smallest absolute Gasteiger partial charge is 0.312 e. The lowest BCUT2D eigenvalue weighted by Crippen LogP contribution is -2.22. The SMILES string of the molecule is CCCCCN=C(C)C(CCCC)C(=O)O. The maximum atomic E-state index is 11.1. The van der Waals surface area contributed by atoms with Gasteiger partial charge in [0, 0.05) is 12.3 Å². The Balaban J connectivity index is 4.14. The van der Waals surface area contributed by atoms with Crippen molar-refractivity contribution in [3.05, 3.63) is 0 Å². The molecule has 3 heteroatoms. The molecule has 0 aromatic heterocycles. The molecule has 16 heavy (non-hydrogen) atoms. The van der Waals surface area contributed by atoms with Crippen LogP contribution >= 0.6 is 0 Å². The number of carboxylic acids is 1. The molecule has 3 nitrogen and oxygen atoms in total. The third-order valence-corrected chi connectivity index (χ3v) is 2.77. The summed E-state index contributed by atoms with van der Waals surface area (Å²) in [5.74, 6) is -1.10. The van der Waals surface area contributed by atoms with Gasteiger partial charge in [0.25, 0.3) is 0 Å². The molecule has 0 saturated carbocycles. The van der Waals surface area contributed by atoms with Gasteiger partial charge in [0.15, 0.2) is 0 Å². The number of hydrogen-bond acceptors (Lipinski definition) is 2. The molecule has 0 heterocycles. The number of aliphatic carboxylic acids is 1. The Morgan fingerprint density at radius 3 is 2.31 bits per heavy atom. The van der Waals surface area contributed by atoms with E-state index in [2.05, 4.69) is 18.8 Å². The second-order valence-corrected chi connectivity index (χ2v) is 4.26. The van der Waals surface area contributed by atoms with E-state index >= 15 is 0 Å². The van der Waals surface area contributed by atoms with Gasteiger partial charge in [-0.1, -0.05) is 39.5 Å². The molecule has 0 bridgehead atoms. The average Bonchev–Trinajstić information content (AvgIpc) is 2.24. The Labute approximate surface area is 99.0 Å². The van der Waals surface area contributed by atoms with Gasteiger partial charge in [0.05, 0.1) is 5.92 Å². The number of aliphatic imine (C=N–C) groups is 1. The van der Waals surface area contributed by atoms with Crippen molar-refractivity contribution in [1.82, 2.24) is 0 Å². The zero-order chi connectivity index (χ0) is 12.4. The monoisotopic (exact) mass is 227 g/mol. The Kier molecular flexibility index (Phi) is 8.87. The van der Waals surface area contributed by atoms with E-state index in [0.717, 1.165) is 37.9 Å². The molecule has 94 valence electrons. The molecule has 1 unspecified atom stereocenters. The lowest BCUT2D eigenvalue weighted by Gasteiger charge is -2.11. The van der Waals surface area contributed by atoms with Crippen LogP contribution in [-0.2, 0) is 4.79 Å². The van der Waals surface area contributed by atoms with E-state index in [-0.39, 0.29) is 5.92 Å². The molecular formula is C13H25NO2. The Morgan fingerprint density at radius 2 is 1.81 bits per heavy atom. The van der Waals surface area contributed by atoms with Gasteiger partial charge in [-0.25, -0.2) is 0 Å². The van der Waals surface area contributed by atoms with Gasteiger partial charge < -0.3 is 5.11 Å². The number of carboxylic acid groups (broad SMARTS) is 1. The molecule has 0 rings (SSSR count). The summed E-state index contributed by atoms with van der Waals surface area (Å²) in [6.07, 6.45) is 6.12. The zero-order valence-corrected chi connectivity index (χ0v) is 10.8. The van der Waals surface area contributed by atoms with Crippen LogP contribution in [0, 0.1) is 5.92 Å². The number of unbranched alkanes of at least 4 members (excludes halogenated alkanes) is 3. The van der Waals surface area contributed by atoms with Gasteiger partial charge in [-0.05, 0) is 19.8 Å². The van der Waals surface area contributed by atoms with Gasteiger partial charge >= 0.3 is 5.97 Å². The standard InChI is InChI=1S/C13H25NO2/c1-4-6-8-10-14-11(3)12(13(15)16)9-7-5-2/h12H,4-10H2,1-3H3,(H,15,16). The minimum atomic E-state index is -0.731. The molecule has 1 atom stereocenters. The molecule has 0 radical (unpaired) electrons. The Morgan fingerprint density at radius 1 is 1.19 bits per heavy atom. The average molecular weight is 227 g/mol. The normalized spacial score (nSPS) is 13.8. The first kappa shape index (κ1) is 15.1. The highest BCUT2D eigenvalue weighted by molar-refractivity contribution is 6.00. The number of hydrogen-bond donors (Lipinski definition) is 1. The molecule has 0 fully saturated rings. The highest BCUT2D eigenvalue weighted by atomic mass is 16.4. The maximum absolute atomic E-state index is 11.1. The van der Waals surface area contributed by atoms with Crippen molar-refractivity contribution in [3.8, 4) is 0 Å². The van der Waals surface area contributed by atoms with Crippen molar-refractivity contribution >= 4 is 11.7 Å². The summed E-state index contributed by atoms with van der Waals surface area (Å²) in [5.41, 5.74) is 0.789. The predicted molar refractivity (Wildman–Crippen MR) is 68.2 cm³/mol. The first-order valence-corrected chi connectivity index (χ1v) is 6.37. The van der Waals surface area contributed by atoms with Crippen molar-refractivity contribution in [2.75, 3.05) is 6.54 Å². The van der Waals surface area contributed by atoms with Gasteiger partial charge in [-0.15, -0.1) is 0 Å². The third kappa shape index (κ3) is 6.59. The van der Waals surface area contributed by atoms with E-state index in [1.54, 1.807) is 0 Å². The summed E-state index contributed by atoms with van der Waals surface area (Å²) in [4.78, 5) is 15.4.